The van der Waals surface area contributed by atoms with Gasteiger partial charge in [0.25, 0.3) is 0 Å². The lowest BCUT2D eigenvalue weighted by atomic mass is 10.1. The van der Waals surface area contributed by atoms with Gasteiger partial charge >= 0.3 is 5.69 Å². The number of halogens is 1. The summed E-state index contributed by atoms with van der Waals surface area (Å²) in [6.07, 6.45) is 0. The first-order chi connectivity index (χ1) is 10.8. The maximum atomic E-state index is 11.3. The van der Waals surface area contributed by atoms with Crippen molar-refractivity contribution in [2.24, 2.45) is 0 Å². The quantitative estimate of drug-likeness (QED) is 0.458. The number of nitro benzene ring substituents is 1. The van der Waals surface area contributed by atoms with Crippen molar-refractivity contribution in [2.75, 3.05) is 0 Å². The predicted octanol–water partition coefficient (Wildman–Crippen LogP) is 4.45. The van der Waals surface area contributed by atoms with Crippen molar-refractivity contribution in [3.05, 3.63) is 62.7 Å². The fourth-order valence-electron chi connectivity index (χ4n) is 1.89. The highest BCUT2D eigenvalue weighted by atomic mass is 35.5. The van der Waals surface area contributed by atoms with Gasteiger partial charge in [-0.2, -0.15) is 0 Å². The molecule has 0 saturated heterocycles. The maximum Gasteiger partial charge on any atom is 0.312 e. The van der Waals surface area contributed by atoms with Crippen LogP contribution >= 0.6 is 11.6 Å². The Labute approximate surface area is 136 Å². The van der Waals surface area contributed by atoms with Crippen molar-refractivity contribution in [3.8, 4) is 11.5 Å². The zero-order valence-corrected chi connectivity index (χ0v) is 13.1. The zero-order chi connectivity index (χ0) is 17.1. The largest absolute Gasteiger partial charge is 0.449 e. The summed E-state index contributed by atoms with van der Waals surface area (Å²) < 4.78 is 5.47. The van der Waals surface area contributed by atoms with Gasteiger partial charge < -0.3 is 4.74 Å². The van der Waals surface area contributed by atoms with Crippen LogP contribution in [0, 0.1) is 10.1 Å². The van der Waals surface area contributed by atoms with Crippen LogP contribution < -0.4 is 4.74 Å². The molecular formula is C16H12ClNO5. The van der Waals surface area contributed by atoms with Crippen LogP contribution in [0.1, 0.15) is 34.6 Å². The number of rotatable bonds is 5. The molecule has 0 N–H and O–H groups in total. The Morgan fingerprint density at radius 1 is 1.00 bits per heavy atom. The molecule has 0 spiro atoms. The fourth-order valence-corrected chi connectivity index (χ4v) is 2.11. The molecule has 7 heteroatoms. The molecule has 2 aromatic rings. The molecule has 0 aromatic heterocycles. The monoisotopic (exact) mass is 333 g/mol. The molecule has 23 heavy (non-hydrogen) atoms. The van der Waals surface area contributed by atoms with E-state index in [1.165, 1.54) is 44.2 Å². The van der Waals surface area contributed by atoms with E-state index in [2.05, 4.69) is 0 Å². The molecule has 0 aliphatic carbocycles. The number of hydrogen-bond donors (Lipinski definition) is 0. The zero-order valence-electron chi connectivity index (χ0n) is 12.3. The van der Waals surface area contributed by atoms with Crippen LogP contribution in [0.5, 0.6) is 11.5 Å². The Kier molecular flexibility index (Phi) is 4.76. The van der Waals surface area contributed by atoms with Gasteiger partial charge in [0.15, 0.2) is 11.6 Å². The lowest BCUT2D eigenvalue weighted by Gasteiger charge is -2.09. The third kappa shape index (κ3) is 3.73. The summed E-state index contributed by atoms with van der Waals surface area (Å²) in [5.74, 6) is -0.313. The SMILES string of the molecule is CC(=O)c1ccc(Oc2ccc(C(C)=O)cc2[N+](=O)[O-])c(Cl)c1. The second kappa shape index (κ2) is 6.58. The number of nitrogens with zero attached hydrogens (tertiary/aromatic N) is 1. The van der Waals surface area contributed by atoms with Gasteiger partial charge in [-0.15, -0.1) is 0 Å². The highest BCUT2D eigenvalue weighted by molar-refractivity contribution is 6.32. The molecule has 0 radical (unpaired) electrons. The fraction of sp³-hybridized carbons (Fsp3) is 0.125. The number of hydrogen-bond acceptors (Lipinski definition) is 5. The standard InChI is InChI=1S/C16H12ClNO5/c1-9(19)11-3-5-15(13(17)7-11)23-16-6-4-12(10(2)20)8-14(16)18(21)22/h3-8H,1-2H3. The second-order valence-electron chi connectivity index (χ2n) is 4.80. The van der Waals surface area contributed by atoms with Gasteiger partial charge in [0.05, 0.1) is 9.95 Å². The summed E-state index contributed by atoms with van der Waals surface area (Å²) in [7, 11) is 0. The molecule has 2 rings (SSSR count). The number of Topliss-reactive ketones (excluding diaryl/α,β-unsaturated/α-hetero) is 2. The number of ether oxygens (including phenoxy) is 1. The van der Waals surface area contributed by atoms with Crippen molar-refractivity contribution >= 4 is 28.9 Å². The predicted molar refractivity (Wildman–Crippen MR) is 84.6 cm³/mol. The van der Waals surface area contributed by atoms with Crippen molar-refractivity contribution in [1.29, 1.82) is 0 Å². The van der Waals surface area contributed by atoms with Gasteiger partial charge in [-0.25, -0.2) is 0 Å². The number of carbonyl (C=O) groups is 2. The Bertz CT molecular complexity index is 816. The van der Waals surface area contributed by atoms with E-state index >= 15 is 0 Å². The Morgan fingerprint density at radius 3 is 2.00 bits per heavy atom. The number of nitro groups is 1. The summed E-state index contributed by atoms with van der Waals surface area (Å²) in [4.78, 5) is 33.1. The van der Waals surface area contributed by atoms with E-state index in [1.807, 2.05) is 0 Å². The summed E-state index contributed by atoms with van der Waals surface area (Å²) in [5.41, 5.74) is 0.273. The minimum atomic E-state index is -0.639. The van der Waals surface area contributed by atoms with Gasteiger partial charge in [-0.05, 0) is 44.2 Å². The smallest absolute Gasteiger partial charge is 0.312 e. The van der Waals surface area contributed by atoms with Crippen molar-refractivity contribution in [1.82, 2.24) is 0 Å². The van der Waals surface area contributed by atoms with Crippen molar-refractivity contribution < 1.29 is 19.2 Å². The normalized spacial score (nSPS) is 10.2. The molecule has 0 fully saturated rings. The van der Waals surface area contributed by atoms with Gasteiger partial charge in [0, 0.05) is 17.2 Å². The van der Waals surface area contributed by atoms with Crippen LogP contribution in [0.25, 0.3) is 0 Å². The molecule has 118 valence electrons. The number of benzene rings is 2. The summed E-state index contributed by atoms with van der Waals surface area (Å²) in [6.45, 7) is 2.72. The van der Waals surface area contributed by atoms with E-state index in [0.717, 1.165) is 6.07 Å². The molecular weight excluding hydrogens is 322 g/mol. The molecule has 2 aromatic carbocycles. The molecule has 6 nitrogen and oxygen atoms in total. The maximum absolute atomic E-state index is 11.3. The van der Waals surface area contributed by atoms with Crippen LogP contribution in [0.2, 0.25) is 5.02 Å². The Balaban J connectivity index is 2.42. The van der Waals surface area contributed by atoms with Gasteiger partial charge in [-0.1, -0.05) is 11.6 Å². The summed E-state index contributed by atoms with van der Waals surface area (Å²) >= 11 is 6.04. The Hall–Kier alpha value is -2.73. The third-order valence-corrected chi connectivity index (χ3v) is 3.42. The van der Waals surface area contributed by atoms with E-state index in [4.69, 9.17) is 16.3 Å². The molecule has 0 atom stereocenters. The second-order valence-corrected chi connectivity index (χ2v) is 5.21. The third-order valence-electron chi connectivity index (χ3n) is 3.12. The van der Waals surface area contributed by atoms with Crippen LogP contribution in [-0.2, 0) is 0 Å². The number of carbonyl (C=O) groups excluding carboxylic acids is 2. The first kappa shape index (κ1) is 16.6. The van der Waals surface area contributed by atoms with Gasteiger partial charge in [0.2, 0.25) is 5.75 Å². The molecule has 0 saturated carbocycles. The first-order valence-electron chi connectivity index (χ1n) is 6.57. The minimum Gasteiger partial charge on any atom is -0.449 e. The minimum absolute atomic E-state index is 0.0440. The van der Waals surface area contributed by atoms with Crippen molar-refractivity contribution in [2.45, 2.75) is 13.8 Å². The molecule has 0 unspecified atom stereocenters. The lowest BCUT2D eigenvalue weighted by Crippen LogP contribution is -1.99. The van der Waals surface area contributed by atoms with Crippen LogP contribution in [0.15, 0.2) is 36.4 Å². The number of ketones is 2. The van der Waals surface area contributed by atoms with E-state index in [0.29, 0.717) is 5.56 Å². The molecule has 0 amide bonds. The summed E-state index contributed by atoms with van der Waals surface area (Å²) in [5, 5.41) is 11.3. The van der Waals surface area contributed by atoms with Gasteiger partial charge in [-0.3, -0.25) is 19.7 Å². The lowest BCUT2D eigenvalue weighted by molar-refractivity contribution is -0.385. The molecule has 0 heterocycles. The van der Waals surface area contributed by atoms with E-state index in [-0.39, 0.29) is 39.3 Å². The molecule has 0 aliphatic heterocycles. The van der Waals surface area contributed by atoms with E-state index < -0.39 is 4.92 Å². The highest BCUT2D eigenvalue weighted by Crippen LogP contribution is 2.36. The Morgan fingerprint density at radius 2 is 1.52 bits per heavy atom. The van der Waals surface area contributed by atoms with Gasteiger partial charge in [0.1, 0.15) is 5.75 Å². The molecule has 0 bridgehead atoms. The molecule has 0 aliphatic rings. The average Bonchev–Trinajstić information content (AvgIpc) is 2.48. The summed E-state index contributed by atoms with van der Waals surface area (Å²) in [6, 6.07) is 8.32. The van der Waals surface area contributed by atoms with E-state index in [1.54, 1.807) is 0 Å². The first-order valence-corrected chi connectivity index (χ1v) is 6.95. The van der Waals surface area contributed by atoms with E-state index in [9.17, 15) is 19.7 Å². The average molecular weight is 334 g/mol. The van der Waals surface area contributed by atoms with Crippen LogP contribution in [-0.4, -0.2) is 16.5 Å². The highest BCUT2D eigenvalue weighted by Gasteiger charge is 2.19. The van der Waals surface area contributed by atoms with Crippen LogP contribution in [0.4, 0.5) is 5.69 Å². The van der Waals surface area contributed by atoms with Crippen LogP contribution in [0.3, 0.4) is 0 Å². The van der Waals surface area contributed by atoms with Crippen molar-refractivity contribution in [3.63, 3.8) is 0 Å². The topological polar surface area (TPSA) is 86.5 Å².